The molecule has 1 N–H and O–H groups in total. The van der Waals surface area contributed by atoms with Gasteiger partial charge in [-0.2, -0.15) is 0 Å². The highest BCUT2D eigenvalue weighted by Gasteiger charge is 2.56. The van der Waals surface area contributed by atoms with Crippen molar-refractivity contribution in [3.63, 3.8) is 0 Å². The summed E-state index contributed by atoms with van der Waals surface area (Å²) >= 11 is 0. The van der Waals surface area contributed by atoms with Crippen molar-refractivity contribution in [1.29, 1.82) is 0 Å². The summed E-state index contributed by atoms with van der Waals surface area (Å²) in [6.45, 7) is 0.711. The second-order valence-corrected chi connectivity index (χ2v) is 9.57. The molecule has 2 amide bonds. The smallest absolute Gasteiger partial charge is 0.247 e. The van der Waals surface area contributed by atoms with Crippen molar-refractivity contribution in [3.8, 4) is 12.3 Å². The highest BCUT2D eigenvalue weighted by Crippen LogP contribution is 2.60. The first-order valence-corrected chi connectivity index (χ1v) is 10.7. The third kappa shape index (κ3) is 2.92. The topological polar surface area (TPSA) is 49.4 Å². The van der Waals surface area contributed by atoms with E-state index in [9.17, 15) is 9.59 Å². The Bertz CT molecular complexity index is 817. The van der Waals surface area contributed by atoms with Gasteiger partial charge in [0.15, 0.2) is 0 Å². The van der Waals surface area contributed by atoms with Crippen LogP contribution >= 0.6 is 0 Å². The summed E-state index contributed by atoms with van der Waals surface area (Å²) in [7, 11) is 0. The molecule has 1 aromatic carbocycles. The second-order valence-electron chi connectivity index (χ2n) is 9.57. The molecule has 6 rings (SSSR count). The van der Waals surface area contributed by atoms with E-state index in [-0.39, 0.29) is 23.3 Å². The molecule has 4 nitrogen and oxygen atoms in total. The minimum Gasteiger partial charge on any atom is -0.330 e. The van der Waals surface area contributed by atoms with Crippen molar-refractivity contribution >= 4 is 17.5 Å². The number of rotatable bonds is 3. The summed E-state index contributed by atoms with van der Waals surface area (Å²) in [6.07, 6.45) is 14.2. The number of nitrogens with one attached hydrogen (secondary N) is 1. The average Bonchev–Trinajstić information content (AvgIpc) is 3.16. The lowest BCUT2D eigenvalue weighted by atomic mass is 9.49. The van der Waals surface area contributed by atoms with E-state index in [2.05, 4.69) is 11.2 Å². The molecule has 0 spiro atoms. The zero-order valence-corrected chi connectivity index (χ0v) is 16.3. The lowest BCUT2D eigenvalue weighted by Gasteiger charge is -2.56. The van der Waals surface area contributed by atoms with Gasteiger partial charge in [0.2, 0.25) is 11.8 Å². The van der Waals surface area contributed by atoms with Crippen LogP contribution in [0.3, 0.4) is 0 Å². The van der Waals surface area contributed by atoms with Crippen LogP contribution in [0, 0.1) is 35.5 Å². The van der Waals surface area contributed by atoms with Gasteiger partial charge in [-0.3, -0.25) is 9.59 Å². The Kier molecular flexibility index (Phi) is 4.23. The van der Waals surface area contributed by atoms with Crippen LogP contribution in [0.2, 0.25) is 0 Å². The quantitative estimate of drug-likeness (QED) is 0.816. The normalized spacial score (nSPS) is 35.6. The first-order chi connectivity index (χ1) is 13.6. The second kappa shape index (κ2) is 6.65. The lowest BCUT2D eigenvalue weighted by Crippen LogP contribution is -2.56. The average molecular weight is 377 g/mol. The summed E-state index contributed by atoms with van der Waals surface area (Å²) in [6, 6.07) is 6.98. The molecule has 0 aromatic heterocycles. The van der Waals surface area contributed by atoms with Crippen LogP contribution in [0.1, 0.15) is 56.9 Å². The van der Waals surface area contributed by atoms with Crippen molar-refractivity contribution < 1.29 is 9.59 Å². The van der Waals surface area contributed by atoms with Crippen molar-refractivity contribution in [2.75, 3.05) is 11.9 Å². The Morgan fingerprint density at radius 3 is 2.43 bits per heavy atom. The van der Waals surface area contributed by atoms with Gasteiger partial charge >= 0.3 is 0 Å². The number of likely N-dealkylation sites (tertiary alicyclic amines) is 1. The predicted octanol–water partition coefficient (Wildman–Crippen LogP) is 3.81. The number of hydrogen-bond acceptors (Lipinski definition) is 2. The molecule has 4 heteroatoms. The molecule has 0 unspecified atom stereocenters. The molecular formula is C24H28N2O2. The van der Waals surface area contributed by atoms with Gasteiger partial charge in [0.05, 0.1) is 5.41 Å². The van der Waals surface area contributed by atoms with Crippen molar-refractivity contribution in [2.24, 2.45) is 23.2 Å². The highest BCUT2D eigenvalue weighted by atomic mass is 16.2. The molecule has 4 bridgehead atoms. The number of terminal acetylenes is 1. The van der Waals surface area contributed by atoms with E-state index in [1.165, 1.54) is 19.3 Å². The van der Waals surface area contributed by atoms with Crippen molar-refractivity contribution in [1.82, 2.24) is 4.90 Å². The molecule has 4 saturated carbocycles. The largest absolute Gasteiger partial charge is 0.330 e. The maximum absolute atomic E-state index is 13.7. The number of carbonyl (C=O) groups is 2. The van der Waals surface area contributed by atoms with E-state index in [0.29, 0.717) is 12.2 Å². The molecule has 146 valence electrons. The van der Waals surface area contributed by atoms with E-state index in [1.54, 1.807) is 6.07 Å². The van der Waals surface area contributed by atoms with Gasteiger partial charge in [-0.05, 0) is 87.3 Å². The predicted molar refractivity (Wildman–Crippen MR) is 108 cm³/mol. The van der Waals surface area contributed by atoms with Gasteiger partial charge in [-0.15, -0.1) is 6.42 Å². The molecule has 1 saturated heterocycles. The fourth-order valence-electron chi connectivity index (χ4n) is 6.87. The zero-order chi connectivity index (χ0) is 19.3. The third-order valence-corrected chi connectivity index (χ3v) is 7.61. The van der Waals surface area contributed by atoms with Crippen molar-refractivity contribution in [3.05, 3.63) is 29.8 Å². The summed E-state index contributed by atoms with van der Waals surface area (Å²) in [5.41, 5.74) is 1.27. The van der Waals surface area contributed by atoms with Crippen LogP contribution in [0.15, 0.2) is 24.3 Å². The maximum Gasteiger partial charge on any atom is 0.247 e. The summed E-state index contributed by atoms with van der Waals surface area (Å²) < 4.78 is 0. The number of benzene rings is 1. The summed E-state index contributed by atoms with van der Waals surface area (Å²) in [5, 5.41) is 2.99. The van der Waals surface area contributed by atoms with Gasteiger partial charge in [0, 0.05) is 17.8 Å². The van der Waals surface area contributed by atoms with E-state index in [1.807, 2.05) is 23.1 Å². The first kappa shape index (κ1) is 17.8. The molecule has 0 radical (unpaired) electrons. The van der Waals surface area contributed by atoms with Crippen LogP contribution < -0.4 is 5.32 Å². The van der Waals surface area contributed by atoms with Crippen LogP contribution in [0.5, 0.6) is 0 Å². The van der Waals surface area contributed by atoms with Crippen LogP contribution in [0.4, 0.5) is 5.69 Å². The Labute approximate surface area is 167 Å². The molecule has 1 aromatic rings. The molecule has 1 atom stereocenters. The number of hydrogen-bond donors (Lipinski definition) is 1. The van der Waals surface area contributed by atoms with Gasteiger partial charge in [0.25, 0.3) is 0 Å². The monoisotopic (exact) mass is 376 g/mol. The third-order valence-electron chi connectivity index (χ3n) is 7.61. The Hall–Kier alpha value is -2.28. The fourth-order valence-corrected chi connectivity index (χ4v) is 6.87. The molecule has 1 heterocycles. The van der Waals surface area contributed by atoms with Crippen LogP contribution in [-0.2, 0) is 9.59 Å². The molecule has 28 heavy (non-hydrogen) atoms. The maximum atomic E-state index is 13.7. The molecule has 5 fully saturated rings. The molecule has 5 aliphatic rings. The zero-order valence-electron chi connectivity index (χ0n) is 16.3. The number of amides is 2. The van der Waals surface area contributed by atoms with Gasteiger partial charge in [0.1, 0.15) is 6.04 Å². The number of carbonyl (C=O) groups excluding carboxylic acids is 2. The molecule has 1 aliphatic heterocycles. The number of nitrogens with zero attached hydrogens (tertiary/aromatic N) is 1. The number of anilines is 1. The van der Waals surface area contributed by atoms with Gasteiger partial charge in [-0.1, -0.05) is 12.0 Å². The molecular weight excluding hydrogens is 348 g/mol. The van der Waals surface area contributed by atoms with Gasteiger partial charge < -0.3 is 10.2 Å². The van der Waals surface area contributed by atoms with Crippen molar-refractivity contribution in [2.45, 2.75) is 57.4 Å². The van der Waals surface area contributed by atoms with Crippen LogP contribution in [-0.4, -0.2) is 29.3 Å². The molecule has 4 aliphatic carbocycles. The Morgan fingerprint density at radius 1 is 1.11 bits per heavy atom. The minimum atomic E-state index is -0.352. The first-order valence-electron chi connectivity index (χ1n) is 10.7. The van der Waals surface area contributed by atoms with E-state index < -0.39 is 0 Å². The highest BCUT2D eigenvalue weighted by molar-refractivity contribution is 5.98. The Morgan fingerprint density at radius 2 is 1.79 bits per heavy atom. The summed E-state index contributed by atoms with van der Waals surface area (Å²) in [4.78, 5) is 28.6. The van der Waals surface area contributed by atoms with Crippen LogP contribution in [0.25, 0.3) is 0 Å². The SMILES string of the molecule is C#Cc1cccc(NC(=O)[C@H]2CCCN2C(=O)C23CC4CC(CC(C4)C2)C3)c1. The fraction of sp³-hybridized carbons (Fsp3) is 0.583. The standard InChI is InChI=1S/C24H28N2O2/c1-2-16-5-3-6-20(12-16)25-22(27)21-7-4-8-26(21)23(28)24-13-17-9-18(14-24)11-19(10-17)15-24/h1,3,5-6,12,17-19,21H,4,7-11,13-15H2,(H,25,27)/t17?,18?,19?,21-,24?/m1/s1. The Balaban J connectivity index is 1.33. The lowest BCUT2D eigenvalue weighted by molar-refractivity contribution is -0.160. The summed E-state index contributed by atoms with van der Waals surface area (Å²) in [5.74, 6) is 4.98. The van der Waals surface area contributed by atoms with Gasteiger partial charge in [-0.25, -0.2) is 0 Å². The van der Waals surface area contributed by atoms with E-state index in [4.69, 9.17) is 6.42 Å². The minimum absolute atomic E-state index is 0.0789. The van der Waals surface area contributed by atoms with E-state index >= 15 is 0 Å². The van der Waals surface area contributed by atoms with E-state index in [0.717, 1.165) is 55.4 Å².